The molecule has 0 aromatic heterocycles. The Morgan fingerprint density at radius 3 is 2.75 bits per heavy atom. The van der Waals surface area contributed by atoms with Gasteiger partial charge in [-0.3, -0.25) is 4.79 Å². The number of likely N-dealkylation sites (tertiary alicyclic amines) is 1. The summed E-state index contributed by atoms with van der Waals surface area (Å²) in [5.41, 5.74) is 2.55. The molecule has 3 nitrogen and oxygen atoms in total. The number of carbonyl (C=O) groups is 1. The maximum atomic E-state index is 12.5. The molecule has 1 aliphatic heterocycles. The number of aliphatic hydroxyl groups excluding tert-OH is 1. The van der Waals surface area contributed by atoms with Crippen molar-refractivity contribution in [2.45, 2.75) is 33.2 Å². The molecule has 1 N–H and O–H groups in total. The van der Waals surface area contributed by atoms with E-state index in [-0.39, 0.29) is 12.5 Å². The zero-order valence-corrected chi connectivity index (χ0v) is 12.3. The Morgan fingerprint density at radius 2 is 2.20 bits per heavy atom. The summed E-state index contributed by atoms with van der Waals surface area (Å²) in [6.45, 7) is 6.92. The molecule has 1 aromatic rings. The Hall–Kier alpha value is -1.79. The third kappa shape index (κ3) is 3.02. The Bertz CT molecular complexity index is 568. The predicted molar refractivity (Wildman–Crippen MR) is 79.4 cm³/mol. The van der Waals surface area contributed by atoms with Crippen molar-refractivity contribution in [3.8, 4) is 11.8 Å². The van der Waals surface area contributed by atoms with Gasteiger partial charge in [-0.1, -0.05) is 18.8 Å². The van der Waals surface area contributed by atoms with Crippen LogP contribution in [0, 0.1) is 24.7 Å². The van der Waals surface area contributed by atoms with Crippen molar-refractivity contribution in [1.29, 1.82) is 0 Å². The zero-order valence-electron chi connectivity index (χ0n) is 12.3. The summed E-state index contributed by atoms with van der Waals surface area (Å²) in [5, 5.41) is 8.72. The lowest BCUT2D eigenvalue weighted by atomic mass is 10.0. The summed E-state index contributed by atoms with van der Waals surface area (Å²) >= 11 is 0. The Morgan fingerprint density at radius 1 is 1.45 bits per heavy atom. The van der Waals surface area contributed by atoms with Crippen LogP contribution in [0.5, 0.6) is 0 Å². The molecule has 106 valence electrons. The molecule has 0 saturated carbocycles. The lowest BCUT2D eigenvalue weighted by Gasteiger charge is -2.21. The number of benzene rings is 1. The molecule has 1 aromatic carbocycles. The monoisotopic (exact) mass is 271 g/mol. The quantitative estimate of drug-likeness (QED) is 0.796. The number of rotatable bonds is 1. The molecule has 1 aliphatic rings. The van der Waals surface area contributed by atoms with E-state index in [4.69, 9.17) is 5.11 Å². The standard InChI is InChI=1S/C17H21NO2/c1-12-9-14(3)18(11-12)17(20)16-7-6-15(5-4-8-19)13(2)10-16/h6-7,10,12,14,19H,8-9,11H2,1-3H3. The Kier molecular flexibility index (Phi) is 4.46. The SMILES string of the molecule is Cc1cc(C(=O)N2CC(C)CC2C)ccc1C#CCO. The second-order valence-corrected chi connectivity index (χ2v) is 5.64. The molecule has 3 heteroatoms. The average molecular weight is 271 g/mol. The minimum absolute atomic E-state index is 0.103. The molecular formula is C17H21NO2. The Balaban J connectivity index is 2.21. The molecule has 0 radical (unpaired) electrons. The first kappa shape index (κ1) is 14.6. The third-order valence-electron chi connectivity index (χ3n) is 3.82. The van der Waals surface area contributed by atoms with Gasteiger partial charge in [-0.15, -0.1) is 0 Å². The average Bonchev–Trinajstić information content (AvgIpc) is 2.75. The van der Waals surface area contributed by atoms with Crippen molar-refractivity contribution in [3.05, 3.63) is 34.9 Å². The van der Waals surface area contributed by atoms with Crippen LogP contribution in [0.1, 0.15) is 41.8 Å². The van der Waals surface area contributed by atoms with Crippen LogP contribution >= 0.6 is 0 Å². The van der Waals surface area contributed by atoms with E-state index in [0.717, 1.165) is 29.7 Å². The van der Waals surface area contributed by atoms with Crippen LogP contribution in [0.4, 0.5) is 0 Å². The molecular weight excluding hydrogens is 250 g/mol. The fourth-order valence-corrected chi connectivity index (χ4v) is 2.82. The zero-order chi connectivity index (χ0) is 14.7. The summed E-state index contributed by atoms with van der Waals surface area (Å²) < 4.78 is 0. The van der Waals surface area contributed by atoms with E-state index in [1.54, 1.807) is 0 Å². The van der Waals surface area contributed by atoms with E-state index in [0.29, 0.717) is 12.0 Å². The number of hydrogen-bond acceptors (Lipinski definition) is 2. The first-order chi connectivity index (χ1) is 9.52. The van der Waals surface area contributed by atoms with Crippen LogP contribution in [-0.4, -0.2) is 35.1 Å². The van der Waals surface area contributed by atoms with E-state index < -0.39 is 0 Å². The summed E-state index contributed by atoms with van der Waals surface area (Å²) in [6.07, 6.45) is 1.07. The van der Waals surface area contributed by atoms with E-state index in [1.807, 2.05) is 30.0 Å². The number of carbonyl (C=O) groups excluding carboxylic acids is 1. The molecule has 20 heavy (non-hydrogen) atoms. The summed E-state index contributed by atoms with van der Waals surface area (Å²) in [7, 11) is 0. The van der Waals surface area contributed by atoms with Crippen molar-refractivity contribution in [1.82, 2.24) is 4.90 Å². The highest BCUT2D eigenvalue weighted by Crippen LogP contribution is 2.24. The van der Waals surface area contributed by atoms with E-state index in [2.05, 4.69) is 25.7 Å². The molecule has 0 aliphatic carbocycles. The molecule has 2 rings (SSSR count). The number of aliphatic hydroxyl groups is 1. The molecule has 1 saturated heterocycles. The van der Waals surface area contributed by atoms with E-state index >= 15 is 0 Å². The molecule has 1 heterocycles. The van der Waals surface area contributed by atoms with Crippen LogP contribution in [-0.2, 0) is 0 Å². The highest BCUT2D eigenvalue weighted by Gasteiger charge is 2.30. The fraction of sp³-hybridized carbons (Fsp3) is 0.471. The summed E-state index contributed by atoms with van der Waals surface area (Å²) in [6, 6.07) is 5.88. The molecule has 1 amide bonds. The van der Waals surface area contributed by atoms with Gasteiger partial charge in [0.15, 0.2) is 0 Å². The van der Waals surface area contributed by atoms with Crippen LogP contribution in [0.25, 0.3) is 0 Å². The minimum atomic E-state index is -0.150. The van der Waals surface area contributed by atoms with Crippen molar-refractivity contribution < 1.29 is 9.90 Å². The van der Waals surface area contributed by atoms with Gasteiger partial charge in [-0.05, 0) is 49.9 Å². The molecule has 2 atom stereocenters. The maximum Gasteiger partial charge on any atom is 0.254 e. The van der Waals surface area contributed by atoms with Gasteiger partial charge in [-0.2, -0.15) is 0 Å². The number of aryl methyl sites for hydroxylation is 1. The summed E-state index contributed by atoms with van der Waals surface area (Å²) in [4.78, 5) is 14.5. The first-order valence-corrected chi connectivity index (χ1v) is 7.04. The van der Waals surface area contributed by atoms with Gasteiger partial charge in [-0.25, -0.2) is 0 Å². The van der Waals surface area contributed by atoms with Crippen LogP contribution in [0.2, 0.25) is 0 Å². The van der Waals surface area contributed by atoms with Crippen LogP contribution in [0.15, 0.2) is 18.2 Å². The molecule has 0 bridgehead atoms. The van der Waals surface area contributed by atoms with Gasteiger partial charge in [0.2, 0.25) is 0 Å². The number of hydrogen-bond donors (Lipinski definition) is 1. The largest absolute Gasteiger partial charge is 0.384 e. The van der Waals surface area contributed by atoms with E-state index in [1.165, 1.54) is 0 Å². The van der Waals surface area contributed by atoms with Crippen molar-refractivity contribution in [2.75, 3.05) is 13.2 Å². The molecule has 1 fully saturated rings. The lowest BCUT2D eigenvalue weighted by molar-refractivity contribution is 0.0743. The normalized spacial score (nSPS) is 21.5. The number of nitrogens with zero attached hydrogens (tertiary/aromatic N) is 1. The Labute approximate surface area is 120 Å². The second kappa shape index (κ2) is 6.11. The first-order valence-electron chi connectivity index (χ1n) is 7.04. The van der Waals surface area contributed by atoms with Gasteiger partial charge in [0, 0.05) is 23.7 Å². The van der Waals surface area contributed by atoms with Gasteiger partial charge < -0.3 is 10.0 Å². The summed E-state index contributed by atoms with van der Waals surface area (Å²) in [5.74, 6) is 6.20. The molecule has 2 unspecified atom stereocenters. The van der Waals surface area contributed by atoms with Crippen molar-refractivity contribution in [3.63, 3.8) is 0 Å². The lowest BCUT2D eigenvalue weighted by Crippen LogP contribution is -2.34. The van der Waals surface area contributed by atoms with Gasteiger partial charge in [0.25, 0.3) is 5.91 Å². The topological polar surface area (TPSA) is 40.5 Å². The predicted octanol–water partition coefficient (Wildman–Crippen LogP) is 2.21. The van der Waals surface area contributed by atoms with Gasteiger partial charge in [0.05, 0.1) is 0 Å². The number of amides is 1. The van der Waals surface area contributed by atoms with Crippen molar-refractivity contribution in [2.24, 2.45) is 5.92 Å². The minimum Gasteiger partial charge on any atom is -0.384 e. The van der Waals surface area contributed by atoms with Crippen LogP contribution in [0.3, 0.4) is 0 Å². The smallest absolute Gasteiger partial charge is 0.254 e. The van der Waals surface area contributed by atoms with Crippen molar-refractivity contribution >= 4 is 5.91 Å². The van der Waals surface area contributed by atoms with Crippen LogP contribution < -0.4 is 0 Å². The van der Waals surface area contributed by atoms with Gasteiger partial charge in [0.1, 0.15) is 6.61 Å². The third-order valence-corrected chi connectivity index (χ3v) is 3.82. The highest BCUT2D eigenvalue weighted by molar-refractivity contribution is 5.95. The van der Waals surface area contributed by atoms with E-state index in [9.17, 15) is 4.79 Å². The fourth-order valence-electron chi connectivity index (χ4n) is 2.82. The second-order valence-electron chi connectivity index (χ2n) is 5.64. The highest BCUT2D eigenvalue weighted by atomic mass is 16.2. The maximum absolute atomic E-state index is 12.5. The molecule has 0 spiro atoms. The van der Waals surface area contributed by atoms with Gasteiger partial charge >= 0.3 is 0 Å².